The van der Waals surface area contributed by atoms with Gasteiger partial charge in [0.05, 0.1) is 6.04 Å². The first kappa shape index (κ1) is 15.2. The Morgan fingerprint density at radius 1 is 1.29 bits per heavy atom. The van der Waals surface area contributed by atoms with Crippen LogP contribution in [0.3, 0.4) is 0 Å². The Bertz CT molecular complexity index is 540. The number of benzene rings is 1. The molecule has 1 unspecified atom stereocenters. The molecule has 2 rings (SSSR count). The highest BCUT2D eigenvalue weighted by Gasteiger charge is 2.57. The van der Waals surface area contributed by atoms with Crippen molar-refractivity contribution in [2.75, 3.05) is 0 Å². The number of carboxylic acids is 1. The number of hydrogen-bond acceptors (Lipinski definition) is 3. The highest BCUT2D eigenvalue weighted by atomic mass is 19.3. The Hall–Kier alpha value is -2.18. The van der Waals surface area contributed by atoms with Crippen LogP contribution in [0.2, 0.25) is 0 Å². The zero-order valence-electron chi connectivity index (χ0n) is 11.3. The van der Waals surface area contributed by atoms with Gasteiger partial charge in [-0.2, -0.15) is 8.78 Å². The van der Waals surface area contributed by atoms with E-state index < -0.39 is 29.9 Å². The molecule has 0 heterocycles. The molecule has 0 saturated heterocycles. The standard InChI is InChI=1S/C14H15F2NO4/c1-8(17-11(18)14(6-7-14)12(19)20)9-2-4-10(5-3-9)21-13(15)16/h2-5,8,13H,6-7H2,1H3,(H,17,18)(H,19,20). The van der Waals surface area contributed by atoms with Gasteiger partial charge in [0, 0.05) is 0 Å². The van der Waals surface area contributed by atoms with E-state index in [2.05, 4.69) is 10.1 Å². The van der Waals surface area contributed by atoms with Gasteiger partial charge >= 0.3 is 12.6 Å². The molecule has 1 amide bonds. The number of nitrogens with one attached hydrogen (secondary N) is 1. The maximum Gasteiger partial charge on any atom is 0.387 e. The van der Waals surface area contributed by atoms with E-state index in [9.17, 15) is 18.4 Å². The number of alkyl halides is 2. The van der Waals surface area contributed by atoms with Crippen LogP contribution in [0, 0.1) is 5.41 Å². The minimum atomic E-state index is -2.89. The molecule has 21 heavy (non-hydrogen) atoms. The molecule has 1 atom stereocenters. The maximum atomic E-state index is 12.0. The summed E-state index contributed by atoms with van der Waals surface area (Å²) in [7, 11) is 0. The van der Waals surface area contributed by atoms with E-state index in [1.165, 1.54) is 12.1 Å². The Balaban J connectivity index is 1.99. The van der Waals surface area contributed by atoms with Crippen LogP contribution in [0.25, 0.3) is 0 Å². The first-order valence-corrected chi connectivity index (χ1v) is 6.44. The summed E-state index contributed by atoms with van der Waals surface area (Å²) < 4.78 is 28.3. The van der Waals surface area contributed by atoms with Crippen molar-refractivity contribution in [2.45, 2.75) is 32.4 Å². The molecule has 5 nitrogen and oxygen atoms in total. The molecule has 1 aliphatic carbocycles. The SMILES string of the molecule is CC(NC(=O)C1(C(=O)O)CC1)c1ccc(OC(F)F)cc1. The lowest BCUT2D eigenvalue weighted by molar-refractivity contribution is -0.149. The highest BCUT2D eigenvalue weighted by molar-refractivity contribution is 6.04. The van der Waals surface area contributed by atoms with Gasteiger partial charge < -0.3 is 15.2 Å². The third-order valence-electron chi connectivity index (χ3n) is 3.55. The average Bonchev–Trinajstić information content (AvgIpc) is 3.20. The Morgan fingerprint density at radius 2 is 1.86 bits per heavy atom. The van der Waals surface area contributed by atoms with E-state index in [0.29, 0.717) is 18.4 Å². The van der Waals surface area contributed by atoms with Gasteiger partial charge in [-0.3, -0.25) is 9.59 Å². The fourth-order valence-electron chi connectivity index (χ4n) is 2.02. The number of halogens is 2. The lowest BCUT2D eigenvalue weighted by Crippen LogP contribution is -2.38. The van der Waals surface area contributed by atoms with Gasteiger partial charge in [0.15, 0.2) is 0 Å². The molecule has 0 aromatic heterocycles. The fourth-order valence-corrected chi connectivity index (χ4v) is 2.02. The average molecular weight is 299 g/mol. The number of carbonyl (C=O) groups excluding carboxylic acids is 1. The van der Waals surface area contributed by atoms with Gasteiger partial charge in [0.25, 0.3) is 0 Å². The third kappa shape index (κ3) is 3.29. The smallest absolute Gasteiger partial charge is 0.387 e. The monoisotopic (exact) mass is 299 g/mol. The van der Waals surface area contributed by atoms with Crippen molar-refractivity contribution in [1.29, 1.82) is 0 Å². The number of hydrogen-bond donors (Lipinski definition) is 2. The summed E-state index contributed by atoms with van der Waals surface area (Å²) in [4.78, 5) is 23.0. The predicted molar refractivity (Wildman–Crippen MR) is 68.9 cm³/mol. The number of amides is 1. The van der Waals surface area contributed by atoms with Gasteiger partial charge in [-0.15, -0.1) is 0 Å². The van der Waals surface area contributed by atoms with Crippen LogP contribution in [-0.2, 0) is 9.59 Å². The Morgan fingerprint density at radius 3 is 2.29 bits per heavy atom. The molecule has 114 valence electrons. The summed E-state index contributed by atoms with van der Waals surface area (Å²) in [5, 5.41) is 11.7. The molecule has 0 spiro atoms. The second-order valence-corrected chi connectivity index (χ2v) is 5.03. The van der Waals surface area contributed by atoms with Crippen molar-refractivity contribution < 1.29 is 28.2 Å². The summed E-state index contributed by atoms with van der Waals surface area (Å²) in [5.74, 6) is -1.61. The van der Waals surface area contributed by atoms with Crippen LogP contribution < -0.4 is 10.1 Å². The number of ether oxygens (including phenoxy) is 1. The van der Waals surface area contributed by atoms with E-state index in [4.69, 9.17) is 5.11 Å². The summed E-state index contributed by atoms with van der Waals surface area (Å²) in [6, 6.07) is 5.41. The van der Waals surface area contributed by atoms with Crippen LogP contribution >= 0.6 is 0 Å². The topological polar surface area (TPSA) is 75.6 Å². The minimum Gasteiger partial charge on any atom is -0.480 e. The minimum absolute atomic E-state index is 0.0245. The maximum absolute atomic E-state index is 12.0. The molecule has 1 aromatic rings. The van der Waals surface area contributed by atoms with E-state index in [1.54, 1.807) is 19.1 Å². The predicted octanol–water partition coefficient (Wildman–Crippen LogP) is 2.33. The molecule has 0 radical (unpaired) electrons. The summed E-state index contributed by atoms with van der Waals surface area (Å²) in [6.45, 7) is -1.20. The first-order chi connectivity index (χ1) is 9.85. The van der Waals surface area contributed by atoms with Gasteiger partial charge in [0.2, 0.25) is 5.91 Å². The molecule has 1 saturated carbocycles. The summed E-state index contributed by atoms with van der Waals surface area (Å²) >= 11 is 0. The molecule has 2 N–H and O–H groups in total. The van der Waals surface area contributed by atoms with Crippen molar-refractivity contribution >= 4 is 11.9 Å². The van der Waals surface area contributed by atoms with E-state index >= 15 is 0 Å². The second-order valence-electron chi connectivity index (χ2n) is 5.03. The quantitative estimate of drug-likeness (QED) is 0.791. The van der Waals surface area contributed by atoms with Gasteiger partial charge in [0.1, 0.15) is 11.2 Å². The first-order valence-electron chi connectivity index (χ1n) is 6.44. The van der Waals surface area contributed by atoms with Crippen LogP contribution in [0.4, 0.5) is 8.78 Å². The van der Waals surface area contributed by atoms with E-state index in [1.807, 2.05) is 0 Å². The normalized spacial score (nSPS) is 17.1. The second kappa shape index (κ2) is 5.67. The zero-order valence-corrected chi connectivity index (χ0v) is 11.3. The highest BCUT2D eigenvalue weighted by Crippen LogP contribution is 2.46. The number of rotatable bonds is 6. The van der Waals surface area contributed by atoms with Gasteiger partial charge in [-0.25, -0.2) is 0 Å². The van der Waals surface area contributed by atoms with Gasteiger partial charge in [-0.05, 0) is 37.5 Å². The van der Waals surface area contributed by atoms with Crippen molar-refractivity contribution in [3.05, 3.63) is 29.8 Å². The Labute approximate surface area is 119 Å². The molecule has 7 heteroatoms. The van der Waals surface area contributed by atoms with Crippen molar-refractivity contribution in [1.82, 2.24) is 5.32 Å². The molecule has 0 bridgehead atoms. The lowest BCUT2D eigenvalue weighted by atomic mass is 10.0. The van der Waals surface area contributed by atoms with E-state index in [0.717, 1.165) is 0 Å². The molecule has 1 aromatic carbocycles. The van der Waals surface area contributed by atoms with Gasteiger partial charge in [-0.1, -0.05) is 12.1 Å². The van der Waals surface area contributed by atoms with Crippen molar-refractivity contribution in [3.63, 3.8) is 0 Å². The largest absolute Gasteiger partial charge is 0.480 e. The molecule has 1 fully saturated rings. The number of carboxylic acid groups (broad SMARTS) is 1. The third-order valence-corrected chi connectivity index (χ3v) is 3.55. The van der Waals surface area contributed by atoms with Crippen LogP contribution in [0.1, 0.15) is 31.4 Å². The zero-order chi connectivity index (χ0) is 15.6. The number of carbonyl (C=O) groups is 2. The molecular weight excluding hydrogens is 284 g/mol. The summed E-state index contributed by atoms with van der Waals surface area (Å²) in [5.41, 5.74) is -0.626. The molecule has 0 aliphatic heterocycles. The lowest BCUT2D eigenvalue weighted by Gasteiger charge is -2.17. The van der Waals surface area contributed by atoms with Crippen LogP contribution in [0.5, 0.6) is 5.75 Å². The van der Waals surface area contributed by atoms with Crippen molar-refractivity contribution in [3.8, 4) is 5.75 Å². The summed E-state index contributed by atoms with van der Waals surface area (Å²) in [6.07, 6.45) is 0.671. The Kier molecular flexibility index (Phi) is 4.11. The van der Waals surface area contributed by atoms with Crippen LogP contribution in [0.15, 0.2) is 24.3 Å². The molecule has 1 aliphatic rings. The van der Waals surface area contributed by atoms with Crippen LogP contribution in [-0.4, -0.2) is 23.6 Å². The van der Waals surface area contributed by atoms with E-state index in [-0.39, 0.29) is 5.75 Å². The molecular formula is C14H15F2NO4. The number of aliphatic carboxylic acids is 1. The van der Waals surface area contributed by atoms with Crippen molar-refractivity contribution in [2.24, 2.45) is 5.41 Å². The fraction of sp³-hybridized carbons (Fsp3) is 0.429.